The first-order valence-electron chi connectivity index (χ1n) is 6.56. The second kappa shape index (κ2) is 6.36. The summed E-state index contributed by atoms with van der Waals surface area (Å²) in [5, 5.41) is 3.27. The van der Waals surface area contributed by atoms with Crippen LogP contribution in [0.25, 0.3) is 0 Å². The molecule has 0 amide bonds. The van der Waals surface area contributed by atoms with E-state index in [1.165, 1.54) is 0 Å². The highest BCUT2D eigenvalue weighted by Gasteiger charge is 2.20. The second-order valence-electron chi connectivity index (χ2n) is 4.56. The minimum atomic E-state index is -3.45. The predicted octanol–water partition coefficient (Wildman–Crippen LogP) is 1.58. The van der Waals surface area contributed by atoms with E-state index in [0.29, 0.717) is 23.7 Å². The summed E-state index contributed by atoms with van der Waals surface area (Å²) in [6.07, 6.45) is 2.00. The van der Waals surface area contributed by atoms with Crippen LogP contribution in [-0.2, 0) is 14.8 Å². The molecule has 0 aromatic heterocycles. The maximum atomic E-state index is 12.1. The van der Waals surface area contributed by atoms with Gasteiger partial charge in [-0.25, -0.2) is 13.1 Å². The van der Waals surface area contributed by atoms with E-state index in [4.69, 9.17) is 4.74 Å². The SMILES string of the molecule is CCNS(=O)(=O)c1ccccc1NC1CCCOC1. The van der Waals surface area contributed by atoms with E-state index in [1.807, 2.05) is 6.07 Å². The van der Waals surface area contributed by atoms with Gasteiger partial charge < -0.3 is 10.1 Å². The van der Waals surface area contributed by atoms with Gasteiger partial charge in [0.05, 0.1) is 12.3 Å². The highest BCUT2D eigenvalue weighted by atomic mass is 32.2. The maximum absolute atomic E-state index is 12.1. The molecule has 19 heavy (non-hydrogen) atoms. The van der Waals surface area contributed by atoms with Crippen molar-refractivity contribution in [1.82, 2.24) is 4.72 Å². The Bertz CT molecular complexity index is 510. The summed E-state index contributed by atoms with van der Waals surface area (Å²) in [6.45, 7) is 3.55. The molecule has 1 aliphatic rings. The number of rotatable bonds is 5. The fraction of sp³-hybridized carbons (Fsp3) is 0.538. The number of hydrogen-bond acceptors (Lipinski definition) is 4. The fourth-order valence-electron chi connectivity index (χ4n) is 2.16. The van der Waals surface area contributed by atoms with Crippen LogP contribution in [0.3, 0.4) is 0 Å². The van der Waals surface area contributed by atoms with Crippen molar-refractivity contribution in [3.63, 3.8) is 0 Å². The molecule has 1 unspecified atom stereocenters. The number of para-hydroxylation sites is 1. The minimum Gasteiger partial charge on any atom is -0.379 e. The molecule has 2 N–H and O–H groups in total. The fourth-order valence-corrected chi connectivity index (χ4v) is 3.37. The largest absolute Gasteiger partial charge is 0.379 e. The summed E-state index contributed by atoms with van der Waals surface area (Å²) < 4.78 is 32.1. The average Bonchev–Trinajstić information content (AvgIpc) is 2.40. The van der Waals surface area contributed by atoms with Gasteiger partial charge in [-0.2, -0.15) is 0 Å². The third kappa shape index (κ3) is 3.68. The van der Waals surface area contributed by atoms with Gasteiger partial charge in [0, 0.05) is 19.2 Å². The molecular formula is C13H20N2O3S. The van der Waals surface area contributed by atoms with Gasteiger partial charge in [0.25, 0.3) is 0 Å². The van der Waals surface area contributed by atoms with Crippen LogP contribution in [0.5, 0.6) is 0 Å². The molecule has 0 spiro atoms. The van der Waals surface area contributed by atoms with Crippen molar-refractivity contribution in [1.29, 1.82) is 0 Å². The van der Waals surface area contributed by atoms with Crippen molar-refractivity contribution in [2.75, 3.05) is 25.1 Å². The summed E-state index contributed by atoms with van der Waals surface area (Å²) in [5.74, 6) is 0. The van der Waals surface area contributed by atoms with Gasteiger partial charge in [-0.1, -0.05) is 19.1 Å². The normalized spacial score (nSPS) is 20.2. The molecule has 1 saturated heterocycles. The molecule has 106 valence electrons. The van der Waals surface area contributed by atoms with Crippen LogP contribution in [0, 0.1) is 0 Å². The van der Waals surface area contributed by atoms with Gasteiger partial charge in [-0.3, -0.25) is 0 Å². The van der Waals surface area contributed by atoms with Crippen molar-refractivity contribution in [2.24, 2.45) is 0 Å². The summed E-state index contributed by atoms with van der Waals surface area (Å²) in [4.78, 5) is 0.294. The Morgan fingerprint density at radius 2 is 2.16 bits per heavy atom. The van der Waals surface area contributed by atoms with Gasteiger partial charge in [0.15, 0.2) is 0 Å². The van der Waals surface area contributed by atoms with Crippen molar-refractivity contribution >= 4 is 15.7 Å². The zero-order valence-corrected chi connectivity index (χ0v) is 11.9. The molecule has 2 rings (SSSR count). The van der Waals surface area contributed by atoms with Crippen LogP contribution in [0.1, 0.15) is 19.8 Å². The van der Waals surface area contributed by atoms with Crippen LogP contribution in [-0.4, -0.2) is 34.2 Å². The molecule has 6 heteroatoms. The molecule has 1 atom stereocenters. The monoisotopic (exact) mass is 284 g/mol. The molecule has 1 aromatic rings. The van der Waals surface area contributed by atoms with Crippen LogP contribution >= 0.6 is 0 Å². The lowest BCUT2D eigenvalue weighted by molar-refractivity contribution is 0.0875. The van der Waals surface area contributed by atoms with Gasteiger partial charge >= 0.3 is 0 Å². The Kier molecular flexibility index (Phi) is 4.79. The zero-order valence-electron chi connectivity index (χ0n) is 11.1. The highest BCUT2D eigenvalue weighted by Crippen LogP contribution is 2.23. The minimum absolute atomic E-state index is 0.173. The maximum Gasteiger partial charge on any atom is 0.242 e. The molecule has 1 fully saturated rings. The Balaban J connectivity index is 2.20. The van der Waals surface area contributed by atoms with Crippen LogP contribution in [0.15, 0.2) is 29.2 Å². The lowest BCUT2D eigenvalue weighted by Gasteiger charge is -2.25. The standard InChI is InChI=1S/C13H20N2O3S/c1-2-14-19(16,17)13-8-4-3-7-12(13)15-11-6-5-9-18-10-11/h3-4,7-8,11,14-15H,2,5-6,9-10H2,1H3. The lowest BCUT2D eigenvalue weighted by atomic mass is 10.1. The van der Waals surface area contributed by atoms with Crippen LogP contribution < -0.4 is 10.0 Å². The quantitative estimate of drug-likeness (QED) is 0.861. The molecule has 1 heterocycles. The van der Waals surface area contributed by atoms with E-state index in [-0.39, 0.29) is 6.04 Å². The Labute approximate surface area is 114 Å². The van der Waals surface area contributed by atoms with E-state index in [9.17, 15) is 8.42 Å². The molecule has 1 aliphatic heterocycles. The first-order valence-corrected chi connectivity index (χ1v) is 8.05. The third-order valence-corrected chi connectivity index (χ3v) is 4.63. The zero-order chi connectivity index (χ0) is 13.7. The topological polar surface area (TPSA) is 67.4 Å². The van der Waals surface area contributed by atoms with Gasteiger partial charge in [0.1, 0.15) is 4.90 Å². The molecule has 5 nitrogen and oxygen atoms in total. The van der Waals surface area contributed by atoms with E-state index < -0.39 is 10.0 Å². The van der Waals surface area contributed by atoms with Gasteiger partial charge in [-0.05, 0) is 25.0 Å². The Morgan fingerprint density at radius 3 is 2.84 bits per heavy atom. The molecule has 0 aliphatic carbocycles. The molecule has 0 saturated carbocycles. The van der Waals surface area contributed by atoms with E-state index in [2.05, 4.69) is 10.0 Å². The van der Waals surface area contributed by atoms with E-state index >= 15 is 0 Å². The average molecular weight is 284 g/mol. The third-order valence-electron chi connectivity index (χ3n) is 3.03. The number of ether oxygens (including phenoxy) is 1. The summed E-state index contributed by atoms with van der Waals surface area (Å²) in [7, 11) is -3.45. The van der Waals surface area contributed by atoms with Crippen molar-refractivity contribution in [2.45, 2.75) is 30.7 Å². The van der Waals surface area contributed by atoms with Crippen molar-refractivity contribution in [3.8, 4) is 0 Å². The van der Waals surface area contributed by atoms with Crippen LogP contribution in [0.4, 0.5) is 5.69 Å². The molecular weight excluding hydrogens is 264 g/mol. The number of anilines is 1. The lowest BCUT2D eigenvalue weighted by Crippen LogP contribution is -2.31. The Morgan fingerprint density at radius 1 is 1.37 bits per heavy atom. The number of nitrogens with one attached hydrogen (secondary N) is 2. The first-order chi connectivity index (χ1) is 9.13. The van der Waals surface area contributed by atoms with Crippen LogP contribution in [0.2, 0.25) is 0 Å². The predicted molar refractivity (Wildman–Crippen MR) is 74.8 cm³/mol. The van der Waals surface area contributed by atoms with Gasteiger partial charge in [0.2, 0.25) is 10.0 Å². The summed E-state index contributed by atoms with van der Waals surface area (Å²) in [6, 6.07) is 7.14. The Hall–Kier alpha value is -1.11. The summed E-state index contributed by atoms with van der Waals surface area (Å²) in [5.41, 5.74) is 0.638. The molecule has 0 radical (unpaired) electrons. The number of sulfonamides is 1. The summed E-state index contributed by atoms with van der Waals surface area (Å²) >= 11 is 0. The molecule has 1 aromatic carbocycles. The number of hydrogen-bond donors (Lipinski definition) is 2. The smallest absolute Gasteiger partial charge is 0.242 e. The number of benzene rings is 1. The van der Waals surface area contributed by atoms with E-state index in [1.54, 1.807) is 25.1 Å². The molecule has 0 bridgehead atoms. The van der Waals surface area contributed by atoms with Crippen molar-refractivity contribution in [3.05, 3.63) is 24.3 Å². The highest BCUT2D eigenvalue weighted by molar-refractivity contribution is 7.89. The van der Waals surface area contributed by atoms with E-state index in [0.717, 1.165) is 19.4 Å². The first kappa shape index (κ1) is 14.3. The van der Waals surface area contributed by atoms with Gasteiger partial charge in [-0.15, -0.1) is 0 Å². The van der Waals surface area contributed by atoms with Crippen molar-refractivity contribution < 1.29 is 13.2 Å². The second-order valence-corrected chi connectivity index (χ2v) is 6.29.